The highest BCUT2D eigenvalue weighted by Crippen LogP contribution is 2.39. The van der Waals surface area contributed by atoms with Crippen molar-refractivity contribution in [1.29, 1.82) is 0 Å². The third kappa shape index (κ3) is 4.66. The Morgan fingerprint density at radius 3 is 2.40 bits per heavy atom. The van der Waals surface area contributed by atoms with Gasteiger partial charge in [-0.25, -0.2) is 0 Å². The zero-order chi connectivity index (χ0) is 18.4. The van der Waals surface area contributed by atoms with Crippen LogP contribution < -0.4 is 15.2 Å². The number of hydrogen-bond donors (Lipinski definition) is 2. The van der Waals surface area contributed by atoms with E-state index >= 15 is 0 Å². The molecule has 136 valence electrons. The van der Waals surface area contributed by atoms with Crippen LogP contribution >= 0.6 is 11.6 Å². The Kier molecular flexibility index (Phi) is 6.71. The summed E-state index contributed by atoms with van der Waals surface area (Å²) in [4.78, 5) is 0. The van der Waals surface area contributed by atoms with E-state index in [9.17, 15) is 5.11 Å². The van der Waals surface area contributed by atoms with Crippen LogP contribution in [0.15, 0.2) is 42.5 Å². The molecular formula is C20H26ClNO3. The molecule has 0 bridgehead atoms. The number of rotatable bonds is 8. The highest BCUT2D eigenvalue weighted by Gasteiger charge is 2.33. The van der Waals surface area contributed by atoms with Crippen LogP contribution in [-0.2, 0) is 11.8 Å². The Balaban J connectivity index is 2.46. The van der Waals surface area contributed by atoms with Crippen molar-refractivity contribution < 1.29 is 14.6 Å². The van der Waals surface area contributed by atoms with Gasteiger partial charge in [0.25, 0.3) is 0 Å². The lowest BCUT2D eigenvalue weighted by atomic mass is 9.70. The van der Waals surface area contributed by atoms with Crippen LogP contribution in [0, 0.1) is 0 Å². The summed E-state index contributed by atoms with van der Waals surface area (Å²) in [6, 6.07) is 13.6. The summed E-state index contributed by atoms with van der Waals surface area (Å²) < 4.78 is 10.7. The third-order valence-corrected chi connectivity index (χ3v) is 4.94. The minimum Gasteiger partial charge on any atom is -0.493 e. The number of ether oxygens (including phenoxy) is 2. The van der Waals surface area contributed by atoms with Crippen LogP contribution in [0.2, 0.25) is 5.02 Å². The lowest BCUT2D eigenvalue weighted by Crippen LogP contribution is -2.36. The van der Waals surface area contributed by atoms with E-state index in [0.717, 1.165) is 17.5 Å². The molecule has 25 heavy (non-hydrogen) atoms. The molecule has 3 N–H and O–H groups in total. The number of methoxy groups -OCH3 is 2. The molecule has 0 saturated heterocycles. The monoisotopic (exact) mass is 363 g/mol. The predicted molar refractivity (Wildman–Crippen MR) is 101 cm³/mol. The highest BCUT2D eigenvalue weighted by molar-refractivity contribution is 6.30. The first-order valence-electron chi connectivity index (χ1n) is 8.34. The Labute approximate surface area is 154 Å². The van der Waals surface area contributed by atoms with Gasteiger partial charge in [-0.3, -0.25) is 0 Å². The lowest BCUT2D eigenvalue weighted by molar-refractivity contribution is 0.133. The smallest absolute Gasteiger partial charge is 0.160 e. The summed E-state index contributed by atoms with van der Waals surface area (Å²) >= 11 is 6.20. The van der Waals surface area contributed by atoms with E-state index in [2.05, 4.69) is 6.92 Å². The number of halogens is 1. The molecule has 1 unspecified atom stereocenters. The van der Waals surface area contributed by atoms with E-state index < -0.39 is 6.23 Å². The van der Waals surface area contributed by atoms with E-state index in [4.69, 9.17) is 26.8 Å². The Bertz CT molecular complexity index is 705. The molecule has 2 aromatic rings. The lowest BCUT2D eigenvalue weighted by Gasteiger charge is -2.35. The molecule has 0 heterocycles. The average molecular weight is 364 g/mol. The molecule has 0 aliphatic carbocycles. The first-order chi connectivity index (χ1) is 11.9. The van der Waals surface area contributed by atoms with Crippen LogP contribution in [0.4, 0.5) is 0 Å². The summed E-state index contributed by atoms with van der Waals surface area (Å²) in [7, 11) is 3.24. The van der Waals surface area contributed by atoms with Crippen molar-refractivity contribution in [2.75, 3.05) is 14.2 Å². The summed E-state index contributed by atoms with van der Waals surface area (Å²) in [6.07, 6.45) is 1.06. The molecule has 2 rings (SSSR count). The van der Waals surface area contributed by atoms with E-state index in [1.165, 1.54) is 0 Å². The van der Waals surface area contributed by atoms with Crippen molar-refractivity contribution in [3.8, 4) is 11.5 Å². The van der Waals surface area contributed by atoms with Gasteiger partial charge in [-0.15, -0.1) is 0 Å². The zero-order valence-corrected chi connectivity index (χ0v) is 15.7. The fraction of sp³-hybridized carbons (Fsp3) is 0.400. The van der Waals surface area contributed by atoms with Crippen molar-refractivity contribution >= 4 is 11.6 Å². The molecule has 0 aliphatic heterocycles. The fourth-order valence-corrected chi connectivity index (χ4v) is 3.56. The number of hydrogen-bond acceptors (Lipinski definition) is 4. The standard InChI is InChI=1S/C20H26ClNO3/c1-4-20(13-19(22)23,15-6-5-7-16(21)11-15)12-14-8-9-17(24-2)18(10-14)25-3/h5-11,19,23H,4,12-13,22H2,1-3H3/t19-,20?/m1/s1. The van der Waals surface area contributed by atoms with Gasteiger partial charge in [0.15, 0.2) is 11.5 Å². The minimum atomic E-state index is -0.904. The molecule has 0 amide bonds. The number of aliphatic hydroxyl groups excluding tert-OH is 1. The van der Waals surface area contributed by atoms with Crippen molar-refractivity contribution in [3.05, 3.63) is 58.6 Å². The van der Waals surface area contributed by atoms with Crippen molar-refractivity contribution in [2.45, 2.75) is 37.8 Å². The normalized spacial score (nSPS) is 14.6. The number of nitrogens with two attached hydrogens (primary N) is 1. The molecule has 0 aliphatic rings. The molecule has 0 fully saturated rings. The van der Waals surface area contributed by atoms with Gasteiger partial charge in [0, 0.05) is 10.4 Å². The molecule has 0 aromatic heterocycles. The number of aliphatic hydroxyl groups is 1. The van der Waals surface area contributed by atoms with E-state index in [0.29, 0.717) is 29.4 Å². The summed E-state index contributed by atoms with van der Waals surface area (Å²) in [5, 5.41) is 10.6. The predicted octanol–water partition coefficient (Wildman–Crippen LogP) is 3.91. The quantitative estimate of drug-likeness (QED) is 0.698. The highest BCUT2D eigenvalue weighted by atomic mass is 35.5. The van der Waals surface area contributed by atoms with Crippen LogP contribution in [0.1, 0.15) is 30.9 Å². The van der Waals surface area contributed by atoms with Gasteiger partial charge in [0.2, 0.25) is 0 Å². The van der Waals surface area contributed by atoms with Crippen LogP contribution in [0.5, 0.6) is 11.5 Å². The molecule has 5 heteroatoms. The van der Waals surface area contributed by atoms with Crippen LogP contribution in [-0.4, -0.2) is 25.6 Å². The van der Waals surface area contributed by atoms with E-state index in [1.807, 2.05) is 42.5 Å². The van der Waals surface area contributed by atoms with Gasteiger partial charge in [-0.1, -0.05) is 36.7 Å². The average Bonchev–Trinajstić information content (AvgIpc) is 2.60. The molecule has 2 aromatic carbocycles. The van der Waals surface area contributed by atoms with Crippen LogP contribution in [0.3, 0.4) is 0 Å². The van der Waals surface area contributed by atoms with Crippen molar-refractivity contribution in [1.82, 2.24) is 0 Å². The summed E-state index contributed by atoms with van der Waals surface area (Å²) in [6.45, 7) is 2.10. The van der Waals surface area contributed by atoms with Gasteiger partial charge in [0.1, 0.15) is 6.23 Å². The van der Waals surface area contributed by atoms with Gasteiger partial charge in [-0.05, 0) is 54.7 Å². The second-order valence-corrected chi connectivity index (χ2v) is 6.72. The molecule has 4 nitrogen and oxygen atoms in total. The van der Waals surface area contributed by atoms with E-state index in [1.54, 1.807) is 14.2 Å². The largest absolute Gasteiger partial charge is 0.493 e. The maximum atomic E-state index is 9.91. The second-order valence-electron chi connectivity index (χ2n) is 6.28. The van der Waals surface area contributed by atoms with Crippen molar-refractivity contribution in [2.24, 2.45) is 5.73 Å². The van der Waals surface area contributed by atoms with Gasteiger partial charge in [-0.2, -0.15) is 0 Å². The second kappa shape index (κ2) is 8.56. The molecular weight excluding hydrogens is 338 g/mol. The van der Waals surface area contributed by atoms with Crippen molar-refractivity contribution in [3.63, 3.8) is 0 Å². The zero-order valence-electron chi connectivity index (χ0n) is 15.0. The molecule has 0 saturated carbocycles. The Hall–Kier alpha value is -1.75. The summed E-state index contributed by atoms with van der Waals surface area (Å²) in [5.74, 6) is 1.37. The molecule has 0 radical (unpaired) electrons. The molecule has 2 atom stereocenters. The van der Waals surface area contributed by atoms with Gasteiger partial charge >= 0.3 is 0 Å². The van der Waals surface area contributed by atoms with Crippen LogP contribution in [0.25, 0.3) is 0 Å². The Morgan fingerprint density at radius 2 is 1.84 bits per heavy atom. The Morgan fingerprint density at radius 1 is 1.12 bits per heavy atom. The third-order valence-electron chi connectivity index (χ3n) is 4.70. The first-order valence-corrected chi connectivity index (χ1v) is 8.72. The minimum absolute atomic E-state index is 0.321. The van der Waals surface area contributed by atoms with E-state index in [-0.39, 0.29) is 5.41 Å². The van der Waals surface area contributed by atoms with Gasteiger partial charge in [0.05, 0.1) is 14.2 Å². The summed E-state index contributed by atoms with van der Waals surface area (Å²) in [5.41, 5.74) is 7.60. The SMILES string of the molecule is CCC(Cc1ccc(OC)c(OC)c1)(C[C@H](N)O)c1cccc(Cl)c1. The maximum Gasteiger partial charge on any atom is 0.160 e. The first kappa shape index (κ1) is 19.6. The fourth-order valence-electron chi connectivity index (χ4n) is 3.37. The molecule has 0 spiro atoms. The topological polar surface area (TPSA) is 64.7 Å². The van der Waals surface area contributed by atoms with Gasteiger partial charge < -0.3 is 20.3 Å². The number of benzene rings is 2. The maximum absolute atomic E-state index is 9.91.